The van der Waals surface area contributed by atoms with Gasteiger partial charge in [-0.15, -0.1) is 0 Å². The van der Waals surface area contributed by atoms with Gasteiger partial charge in [0, 0.05) is 12.8 Å². The summed E-state index contributed by atoms with van der Waals surface area (Å²) in [6.07, 6.45) is -1.05. The average Bonchev–Trinajstić information content (AvgIpc) is 0.858. The molecule has 7 rings (SSSR count). The summed E-state index contributed by atoms with van der Waals surface area (Å²) in [7, 11) is -11.8. The van der Waals surface area contributed by atoms with Crippen molar-refractivity contribution in [1.29, 1.82) is 0 Å². The molecule has 0 fully saturated rings. The maximum Gasteiger partial charge on any atom is 1.00 e. The van der Waals surface area contributed by atoms with Crippen LogP contribution in [0, 0.1) is 20.8 Å². The van der Waals surface area contributed by atoms with E-state index in [1.807, 2.05) is 81.4 Å². The Hall–Kier alpha value is -5.95. The second kappa shape index (κ2) is 51.3. The van der Waals surface area contributed by atoms with Gasteiger partial charge in [0.25, 0.3) is 36.8 Å². The molecule has 29 heteroatoms. The first kappa shape index (κ1) is 102. The molecule has 0 saturated carbocycles. The number of ether oxygens (including phenoxy) is 5. The van der Waals surface area contributed by atoms with Crippen LogP contribution in [0.25, 0.3) is 0 Å². The molecule has 0 saturated heterocycles. The first-order valence-corrected chi connectivity index (χ1v) is 33.5. The van der Waals surface area contributed by atoms with Crippen molar-refractivity contribution >= 4 is 61.0 Å². The molecule has 2 atom stereocenters. The number of hydrogen-bond acceptors (Lipinski definition) is 22. The molecule has 2 amide bonds. The minimum Gasteiger partial charge on any atom is -1.00 e. The standard InChI is InChI=1S/C30H35NO8S.C21H25NO5.C16H18O6S2.CH2O3.5CH4.2K.H/c1-22-10-16-26(17-11-22)40(34,35)38-19-18-36-25-14-12-23(13-15-25)20-27(31-29(33)39-30(2,3)4)28(32)37-21-24-8-6-5-7-9-24;1-21(2,3)27-20(25)22-18(13-15-9-11-17(23)12-10-15)19(24)26-14-16-7-5-4-6-8-16;1-13-3-7-15(8-4-13)23(17,18)21-11-12-22-24(19,20)16-9-5-14(2)6-10-16;2-1-4-3;;;;;;;;/h5-17,27H,18-21H2,1-4H3,(H,31,33);4-12,18,23H,13-14H2,1-3H3,(H,22,25);3-10H,11-12H2,1-2H3;1,3H;5*1H4;;;/q;;;;;;;;;2*+1;-1/p-1. The Morgan fingerprint density at radius 2 is 0.735 bits per heavy atom. The van der Waals surface area contributed by atoms with Gasteiger partial charge < -0.3 is 51.0 Å². The molecule has 7 aromatic rings. The zero-order chi connectivity index (χ0) is 70.2. The van der Waals surface area contributed by atoms with Gasteiger partial charge in [0.1, 0.15) is 61.2 Å². The zero-order valence-corrected chi connectivity index (χ0v) is 64.7. The van der Waals surface area contributed by atoms with Crippen molar-refractivity contribution in [3.05, 3.63) is 221 Å². The Morgan fingerprint density at radius 3 is 1.02 bits per heavy atom. The number of phenolic OH excluding ortho intramolecular Hbond substituents is 1. The van der Waals surface area contributed by atoms with Crippen LogP contribution in [0.4, 0.5) is 9.59 Å². The second-order valence-corrected chi connectivity index (χ2v) is 27.5. The summed E-state index contributed by atoms with van der Waals surface area (Å²) in [4.78, 5) is 61.3. The van der Waals surface area contributed by atoms with E-state index in [4.69, 9.17) is 46.3 Å². The fourth-order valence-electron chi connectivity index (χ4n) is 7.68. The van der Waals surface area contributed by atoms with Gasteiger partial charge in [0.2, 0.25) is 0 Å². The number of aryl methyl sites for hydroxylation is 3. The zero-order valence-electron chi connectivity index (χ0n) is 57.0. The van der Waals surface area contributed by atoms with Crippen LogP contribution in [-0.4, -0.2) is 111 Å². The van der Waals surface area contributed by atoms with E-state index in [1.54, 1.807) is 114 Å². The number of esters is 2. The van der Waals surface area contributed by atoms with Crippen LogP contribution in [0.15, 0.2) is 197 Å². The number of benzene rings is 7. The molecule has 24 nitrogen and oxygen atoms in total. The molecule has 7 aromatic carbocycles. The summed E-state index contributed by atoms with van der Waals surface area (Å²) in [5.74, 6) is -0.537. The molecule has 2 unspecified atom stereocenters. The summed E-state index contributed by atoms with van der Waals surface area (Å²) < 4.78 is 114. The number of rotatable bonds is 26. The van der Waals surface area contributed by atoms with Gasteiger partial charge in [0.15, 0.2) is 0 Å². The Labute approximate surface area is 690 Å². The Bertz CT molecular complexity index is 3800. The summed E-state index contributed by atoms with van der Waals surface area (Å²) >= 11 is 0. The Kier molecular flexibility index (Phi) is 51.5. The monoisotopic (exact) mass is 1530 g/mol. The van der Waals surface area contributed by atoms with Crippen molar-refractivity contribution in [1.82, 2.24) is 10.6 Å². The molecule has 0 spiro atoms. The summed E-state index contributed by atoms with van der Waals surface area (Å²) in [6, 6.07) is 48.6. The largest absolute Gasteiger partial charge is 1.00 e. The van der Waals surface area contributed by atoms with Gasteiger partial charge in [-0.1, -0.05) is 175 Å². The first-order chi connectivity index (χ1) is 44.8. The van der Waals surface area contributed by atoms with E-state index in [1.165, 1.54) is 48.5 Å². The van der Waals surface area contributed by atoms with Gasteiger partial charge >= 0.3 is 127 Å². The number of aromatic hydroxyl groups is 1. The molecule has 0 aliphatic carbocycles. The summed E-state index contributed by atoms with van der Waals surface area (Å²) in [5, 5.41) is 23.0. The van der Waals surface area contributed by atoms with Crippen LogP contribution in [-0.2, 0) is 107 Å². The Morgan fingerprint density at radius 1 is 0.451 bits per heavy atom. The van der Waals surface area contributed by atoms with Gasteiger partial charge in [0.05, 0.1) is 27.9 Å². The molecule has 0 heterocycles. The van der Waals surface area contributed by atoms with Crippen LogP contribution >= 0.6 is 0 Å². The molecule has 102 heavy (non-hydrogen) atoms. The predicted octanol–water partition coefficient (Wildman–Crippen LogP) is 6.68. The molecular weight excluding hydrogens is 1430 g/mol. The molecule has 3 N–H and O–H groups in total. The van der Waals surface area contributed by atoms with E-state index in [-0.39, 0.29) is 208 Å². The average molecular weight is 1530 g/mol. The number of amides is 2. The van der Waals surface area contributed by atoms with Crippen molar-refractivity contribution in [3.63, 3.8) is 0 Å². The number of hydrogen-bond donors (Lipinski definition) is 3. The summed E-state index contributed by atoms with van der Waals surface area (Å²) in [6.45, 7) is 15.0. The van der Waals surface area contributed by atoms with E-state index in [0.29, 0.717) is 5.75 Å². The maximum atomic E-state index is 12.9. The molecule has 0 aliphatic rings. The van der Waals surface area contributed by atoms with Crippen molar-refractivity contribution in [2.75, 3.05) is 26.4 Å². The molecule has 0 aliphatic heterocycles. The van der Waals surface area contributed by atoms with Crippen LogP contribution in [0.2, 0.25) is 0 Å². The van der Waals surface area contributed by atoms with Gasteiger partial charge in [-0.05, 0) is 145 Å². The number of alkyl carbamates (subject to hydrolysis) is 2. The van der Waals surface area contributed by atoms with E-state index in [0.717, 1.165) is 38.9 Å². The van der Waals surface area contributed by atoms with Gasteiger partial charge in [-0.25, -0.2) is 19.2 Å². The minimum atomic E-state index is -3.94. The van der Waals surface area contributed by atoms with Crippen molar-refractivity contribution in [2.24, 2.45) is 0 Å². The van der Waals surface area contributed by atoms with E-state index in [2.05, 4.69) is 15.5 Å². The predicted molar refractivity (Wildman–Crippen MR) is 381 cm³/mol. The number of phenols is 1. The van der Waals surface area contributed by atoms with E-state index >= 15 is 0 Å². The van der Waals surface area contributed by atoms with Crippen molar-refractivity contribution in [2.45, 2.75) is 163 Å². The maximum absolute atomic E-state index is 12.9. The fourth-order valence-corrected chi connectivity index (χ4v) is 10.4. The molecule has 554 valence electrons. The molecule has 0 radical (unpaired) electrons. The number of carbonyl (C=O) groups excluding carboxylic acids is 5. The van der Waals surface area contributed by atoms with Gasteiger partial charge in [-0.3, -0.25) is 17.3 Å². The van der Waals surface area contributed by atoms with Crippen LogP contribution < -0.4 is 123 Å². The fraction of sp³-hybridized carbons (Fsp3) is 0.356. The van der Waals surface area contributed by atoms with Crippen LogP contribution in [0.1, 0.15) is 119 Å². The number of carbonyl (C=O) groups is 5. The number of nitrogens with one attached hydrogen (secondary N) is 2. The minimum absolute atomic E-state index is 0. The normalized spacial score (nSPS) is 11.1. The van der Waals surface area contributed by atoms with E-state index < -0.39 is 91.0 Å². The summed E-state index contributed by atoms with van der Waals surface area (Å²) in [5.41, 5.74) is 4.56. The smallest absolute Gasteiger partial charge is 1.00 e. The quantitative estimate of drug-likeness (QED) is 0.00743. The van der Waals surface area contributed by atoms with Crippen molar-refractivity contribution < 1.29 is 205 Å². The topological polar surface area (TPSA) is 338 Å². The third-order valence-corrected chi connectivity index (χ3v) is 16.2. The SMILES string of the molecule is C.C.C.C.C.CC(C)(C)OC(=O)NC(Cc1ccc(O)cc1)C(=O)OCc1ccccc1.Cc1ccc(S(=O)(=O)OCCOS(=O)(=O)c2ccc(C)cc2)cc1.Cc1ccc(S(=O)(=O)OCCOc2ccc(CC(NC(=O)OC(C)(C)C)C(=O)OCc3ccccc3)cc2)cc1.O=CO[O-].[H-].[K+].[K+]. The van der Waals surface area contributed by atoms with Gasteiger partial charge in [-0.2, -0.15) is 25.3 Å². The third kappa shape index (κ3) is 41.5. The molecule has 0 bridgehead atoms. The third-order valence-electron chi connectivity index (χ3n) is 12.3. The first-order valence-electron chi connectivity index (χ1n) is 29.3. The molecule has 0 aromatic heterocycles. The van der Waals surface area contributed by atoms with Crippen LogP contribution in [0.3, 0.4) is 0 Å². The Balaban J connectivity index is -0.000000451. The van der Waals surface area contributed by atoms with Crippen molar-refractivity contribution in [3.8, 4) is 11.5 Å². The van der Waals surface area contributed by atoms with E-state index in [9.17, 15) is 49.5 Å². The second-order valence-electron chi connectivity index (χ2n) is 22.6. The molecular formula is C73H100K2N2O22S3. The van der Waals surface area contributed by atoms with Crippen LogP contribution in [0.5, 0.6) is 11.5 Å².